The van der Waals surface area contributed by atoms with E-state index in [2.05, 4.69) is 0 Å². The lowest BCUT2D eigenvalue weighted by molar-refractivity contribution is -0.137. The zero-order valence-electron chi connectivity index (χ0n) is 8.03. The number of nitrogens with two attached hydrogens (primary N) is 1. The second kappa shape index (κ2) is 7.17. The Hall–Kier alpha value is -0.260. The minimum atomic E-state index is -0.838. The molecular weight excluding hydrogens is 190 g/mol. The van der Waals surface area contributed by atoms with Crippen molar-refractivity contribution in [3.8, 4) is 0 Å². The van der Waals surface area contributed by atoms with Crippen LogP contribution in [0.2, 0.25) is 0 Å². The molecule has 0 fully saturated rings. The molecule has 0 bridgehead atoms. The topological polar surface area (TPSA) is 72.5 Å². The van der Waals surface area contributed by atoms with Crippen molar-refractivity contribution >= 4 is 17.7 Å². The summed E-state index contributed by atoms with van der Waals surface area (Å²) in [7, 11) is 1.50. The normalized spacial score (nSPS) is 15.3. The highest BCUT2D eigenvalue weighted by Crippen LogP contribution is 2.13. The summed E-state index contributed by atoms with van der Waals surface area (Å²) in [6.07, 6.45) is 0.867. The monoisotopic (exact) mass is 207 g/mol. The van der Waals surface area contributed by atoms with Crippen LogP contribution in [-0.4, -0.2) is 41.8 Å². The van der Waals surface area contributed by atoms with Gasteiger partial charge in [0.15, 0.2) is 0 Å². The third kappa shape index (κ3) is 5.90. The van der Waals surface area contributed by atoms with Crippen LogP contribution in [0.25, 0.3) is 0 Å². The summed E-state index contributed by atoms with van der Waals surface area (Å²) in [5.41, 5.74) is 5.66. The summed E-state index contributed by atoms with van der Waals surface area (Å²) >= 11 is 1.34. The van der Waals surface area contributed by atoms with Gasteiger partial charge in [-0.25, -0.2) is 0 Å². The van der Waals surface area contributed by atoms with Gasteiger partial charge in [0.05, 0.1) is 6.61 Å². The highest BCUT2D eigenvalue weighted by molar-refractivity contribution is 8.00. The highest BCUT2D eigenvalue weighted by Gasteiger charge is 2.18. The molecule has 0 aliphatic rings. The summed E-state index contributed by atoms with van der Waals surface area (Å²) in [6.45, 7) is 2.22. The molecule has 0 aromatic carbocycles. The maximum absolute atomic E-state index is 10.6. The Morgan fingerprint density at radius 2 is 2.31 bits per heavy atom. The van der Waals surface area contributed by atoms with E-state index in [0.29, 0.717) is 5.75 Å². The van der Waals surface area contributed by atoms with Crippen molar-refractivity contribution in [1.29, 1.82) is 0 Å². The van der Waals surface area contributed by atoms with E-state index in [0.717, 1.165) is 6.42 Å². The van der Waals surface area contributed by atoms with Gasteiger partial charge in [-0.3, -0.25) is 4.79 Å². The fourth-order valence-corrected chi connectivity index (χ4v) is 1.79. The number of methoxy groups -OCH3 is 1. The summed E-state index contributed by atoms with van der Waals surface area (Å²) in [6, 6.07) is 0.0729. The van der Waals surface area contributed by atoms with Crippen LogP contribution >= 0.6 is 11.8 Å². The average molecular weight is 207 g/mol. The standard InChI is InChI=1S/C8H17NO3S/c1-3-6(9)5-13-7(4-12-2)8(10)11/h6-7H,3-5,9H2,1-2H3,(H,10,11). The van der Waals surface area contributed by atoms with Crippen molar-refractivity contribution in [2.45, 2.75) is 24.6 Å². The van der Waals surface area contributed by atoms with Crippen LogP contribution in [0.5, 0.6) is 0 Å². The fraction of sp³-hybridized carbons (Fsp3) is 0.875. The molecule has 2 unspecified atom stereocenters. The first kappa shape index (κ1) is 12.7. The zero-order chi connectivity index (χ0) is 10.3. The van der Waals surface area contributed by atoms with E-state index in [-0.39, 0.29) is 12.6 Å². The first-order valence-corrected chi connectivity index (χ1v) is 5.25. The molecule has 3 N–H and O–H groups in total. The Balaban J connectivity index is 3.75. The molecule has 2 atom stereocenters. The van der Waals surface area contributed by atoms with Crippen molar-refractivity contribution < 1.29 is 14.6 Å². The molecule has 4 nitrogen and oxygen atoms in total. The van der Waals surface area contributed by atoms with Gasteiger partial charge in [-0.1, -0.05) is 6.92 Å². The molecule has 5 heteroatoms. The molecule has 0 heterocycles. The summed E-state index contributed by atoms with van der Waals surface area (Å²) in [4.78, 5) is 10.6. The molecular formula is C8H17NO3S. The smallest absolute Gasteiger partial charge is 0.319 e. The van der Waals surface area contributed by atoms with Crippen LogP contribution in [-0.2, 0) is 9.53 Å². The number of carboxylic acid groups (broad SMARTS) is 1. The second-order valence-corrected chi connectivity index (χ2v) is 4.02. The van der Waals surface area contributed by atoms with Gasteiger partial charge in [-0.2, -0.15) is 0 Å². The predicted molar refractivity (Wildman–Crippen MR) is 54.0 cm³/mol. The van der Waals surface area contributed by atoms with E-state index in [1.54, 1.807) is 0 Å². The molecule has 0 spiro atoms. The number of rotatable bonds is 7. The highest BCUT2D eigenvalue weighted by atomic mass is 32.2. The lowest BCUT2D eigenvalue weighted by atomic mass is 10.3. The SMILES string of the molecule is CCC(N)CSC(COC)C(=O)O. The molecule has 0 amide bonds. The number of carbonyl (C=O) groups is 1. The van der Waals surface area contributed by atoms with E-state index < -0.39 is 11.2 Å². The minimum absolute atomic E-state index is 0.0729. The average Bonchev–Trinajstić information content (AvgIpc) is 2.11. The van der Waals surface area contributed by atoms with Crippen LogP contribution in [0.1, 0.15) is 13.3 Å². The number of ether oxygens (including phenoxy) is 1. The maximum atomic E-state index is 10.6. The van der Waals surface area contributed by atoms with E-state index in [1.165, 1.54) is 18.9 Å². The number of hydrogen-bond donors (Lipinski definition) is 2. The van der Waals surface area contributed by atoms with Crippen LogP contribution in [0.3, 0.4) is 0 Å². The van der Waals surface area contributed by atoms with Gasteiger partial charge < -0.3 is 15.6 Å². The second-order valence-electron chi connectivity index (χ2n) is 2.78. The molecule has 0 aliphatic heterocycles. The molecule has 0 aromatic rings. The van der Waals surface area contributed by atoms with Gasteiger partial charge in [0, 0.05) is 18.9 Å². The molecule has 0 radical (unpaired) electrons. The van der Waals surface area contributed by atoms with Crippen molar-refractivity contribution in [2.75, 3.05) is 19.5 Å². The third-order valence-electron chi connectivity index (χ3n) is 1.63. The van der Waals surface area contributed by atoms with Crippen LogP contribution in [0.4, 0.5) is 0 Å². The number of thioether (sulfide) groups is 1. The number of hydrogen-bond acceptors (Lipinski definition) is 4. The summed E-state index contributed by atoms with van der Waals surface area (Å²) in [5.74, 6) is -0.174. The molecule has 0 aromatic heterocycles. The minimum Gasteiger partial charge on any atom is -0.480 e. The molecule has 0 rings (SSSR count). The maximum Gasteiger partial charge on any atom is 0.319 e. The van der Waals surface area contributed by atoms with E-state index >= 15 is 0 Å². The first-order chi connectivity index (χ1) is 6.11. The van der Waals surface area contributed by atoms with Crippen LogP contribution in [0.15, 0.2) is 0 Å². The molecule has 0 saturated carbocycles. The van der Waals surface area contributed by atoms with Crippen molar-refractivity contribution in [1.82, 2.24) is 0 Å². The van der Waals surface area contributed by atoms with E-state index in [9.17, 15) is 4.79 Å². The van der Waals surface area contributed by atoms with Crippen LogP contribution < -0.4 is 5.73 Å². The lowest BCUT2D eigenvalue weighted by Gasteiger charge is -2.13. The molecule has 0 saturated heterocycles. The number of aliphatic carboxylic acids is 1. The Bertz CT molecular complexity index is 154. The van der Waals surface area contributed by atoms with Gasteiger partial charge in [0.2, 0.25) is 0 Å². The first-order valence-electron chi connectivity index (χ1n) is 4.20. The quantitative estimate of drug-likeness (QED) is 0.638. The number of carboxylic acids is 1. The van der Waals surface area contributed by atoms with Gasteiger partial charge in [0.1, 0.15) is 5.25 Å². The van der Waals surface area contributed by atoms with Crippen molar-refractivity contribution in [2.24, 2.45) is 5.73 Å². The largest absolute Gasteiger partial charge is 0.480 e. The van der Waals surface area contributed by atoms with Gasteiger partial charge in [0.25, 0.3) is 0 Å². The van der Waals surface area contributed by atoms with Gasteiger partial charge in [-0.05, 0) is 6.42 Å². The molecule has 0 aliphatic carbocycles. The Kier molecular flexibility index (Phi) is 7.03. The van der Waals surface area contributed by atoms with Gasteiger partial charge >= 0.3 is 5.97 Å². The zero-order valence-corrected chi connectivity index (χ0v) is 8.84. The van der Waals surface area contributed by atoms with Crippen molar-refractivity contribution in [3.63, 3.8) is 0 Å². The predicted octanol–water partition coefficient (Wildman–Crippen LogP) is 0.556. The summed E-state index contributed by atoms with van der Waals surface area (Å²) < 4.78 is 4.79. The van der Waals surface area contributed by atoms with E-state index in [4.69, 9.17) is 15.6 Å². The third-order valence-corrected chi connectivity index (χ3v) is 2.99. The van der Waals surface area contributed by atoms with Crippen LogP contribution in [0, 0.1) is 0 Å². The Morgan fingerprint density at radius 1 is 1.69 bits per heavy atom. The molecule has 13 heavy (non-hydrogen) atoms. The van der Waals surface area contributed by atoms with Crippen molar-refractivity contribution in [3.05, 3.63) is 0 Å². The summed E-state index contributed by atoms with van der Waals surface area (Å²) in [5, 5.41) is 8.25. The lowest BCUT2D eigenvalue weighted by Crippen LogP contribution is -2.27. The fourth-order valence-electron chi connectivity index (χ4n) is 0.700. The van der Waals surface area contributed by atoms with E-state index in [1.807, 2.05) is 6.92 Å². The molecule has 78 valence electrons. The Morgan fingerprint density at radius 3 is 2.69 bits per heavy atom. The van der Waals surface area contributed by atoms with Gasteiger partial charge in [-0.15, -0.1) is 11.8 Å². The Labute approximate surface area is 82.8 Å².